The minimum atomic E-state index is 0. The van der Waals surface area contributed by atoms with Crippen molar-refractivity contribution in [2.75, 3.05) is 13.1 Å². The van der Waals surface area contributed by atoms with Gasteiger partial charge in [0.1, 0.15) is 0 Å². The Balaban J connectivity index is -0.00000000875. The van der Waals surface area contributed by atoms with Crippen molar-refractivity contribution in [2.24, 2.45) is 11.5 Å². The van der Waals surface area contributed by atoms with Crippen molar-refractivity contribution < 1.29 is 83.9 Å². The average Bonchev–Trinajstić information content (AvgIpc) is 1.81. The molecule has 0 saturated heterocycles. The van der Waals surface area contributed by atoms with E-state index in [-0.39, 0.29) is 83.9 Å². The molecular weight excluding hydrogens is 210 g/mol. The van der Waals surface area contributed by atoms with E-state index in [2.05, 4.69) is 0 Å². The zero-order valence-corrected chi connectivity index (χ0v) is 13.4. The topological polar surface area (TPSA) is 178 Å². The first kappa shape index (κ1) is 44.7. The fraction of sp³-hybridized carbons (Fsp3) is 1.00. The van der Waals surface area contributed by atoms with E-state index in [1.165, 1.54) is 12.8 Å². The molecule has 8 heteroatoms. The zero-order chi connectivity index (χ0) is 6.24. The van der Waals surface area contributed by atoms with Crippen LogP contribution in [0, 0.1) is 0 Å². The third kappa shape index (κ3) is 49.0. The predicted octanol–water partition coefficient (Wildman–Crippen LogP) is -8.60. The molecule has 0 aliphatic rings. The number of rotatable bonds is 5. The van der Waals surface area contributed by atoms with Gasteiger partial charge in [0.05, 0.1) is 0 Å². The van der Waals surface area contributed by atoms with E-state index in [9.17, 15) is 0 Å². The fourth-order valence-electron chi connectivity index (χ4n) is 0.642. The zero-order valence-electron chi connectivity index (χ0n) is 11.4. The average molecular weight is 236 g/mol. The SMILES string of the molecule is NCCCCCCN.O.O.O.O.[H-].[H-].[Na+].[Na+]. The summed E-state index contributed by atoms with van der Waals surface area (Å²) in [6.45, 7) is 1.65. The molecule has 0 aromatic rings. The number of nitrogens with two attached hydrogens (primary N) is 2. The number of hydrogen-bond donors (Lipinski definition) is 2. The van der Waals surface area contributed by atoms with Crippen LogP contribution < -0.4 is 70.6 Å². The van der Waals surface area contributed by atoms with Crippen LogP contribution in [0.5, 0.6) is 0 Å². The van der Waals surface area contributed by atoms with Gasteiger partial charge in [0.15, 0.2) is 0 Å². The molecule has 0 radical (unpaired) electrons. The van der Waals surface area contributed by atoms with Crippen molar-refractivity contribution in [3.8, 4) is 0 Å². The fourth-order valence-corrected chi connectivity index (χ4v) is 0.642. The van der Waals surface area contributed by atoms with Gasteiger partial charge in [-0.1, -0.05) is 12.8 Å². The smallest absolute Gasteiger partial charge is 1.00 e. The molecule has 12 N–H and O–H groups in total. The first-order valence-electron chi connectivity index (χ1n) is 3.32. The summed E-state index contributed by atoms with van der Waals surface area (Å²) in [4.78, 5) is 0. The summed E-state index contributed by atoms with van der Waals surface area (Å²) in [5.41, 5.74) is 10.6. The normalized spacial score (nSPS) is 5.57. The maximum absolute atomic E-state index is 5.28. The van der Waals surface area contributed by atoms with Crippen LogP contribution in [0.25, 0.3) is 0 Å². The predicted molar refractivity (Wildman–Crippen MR) is 53.3 cm³/mol. The summed E-state index contributed by atoms with van der Waals surface area (Å²) in [6, 6.07) is 0. The van der Waals surface area contributed by atoms with E-state index < -0.39 is 0 Å². The van der Waals surface area contributed by atoms with Crippen molar-refractivity contribution in [2.45, 2.75) is 25.7 Å². The quantitative estimate of drug-likeness (QED) is 0.356. The molecule has 0 unspecified atom stereocenters. The molecule has 14 heavy (non-hydrogen) atoms. The molecule has 0 aromatic carbocycles. The van der Waals surface area contributed by atoms with Crippen LogP contribution in [0.2, 0.25) is 0 Å². The van der Waals surface area contributed by atoms with Crippen molar-refractivity contribution in [3.05, 3.63) is 0 Å². The third-order valence-electron chi connectivity index (χ3n) is 1.16. The molecule has 0 rings (SSSR count). The Morgan fingerprint density at radius 1 is 0.571 bits per heavy atom. The van der Waals surface area contributed by atoms with Gasteiger partial charge in [0.25, 0.3) is 0 Å². The van der Waals surface area contributed by atoms with Gasteiger partial charge in [-0.05, 0) is 25.9 Å². The molecular formula is C6H26N2Na2O4. The Morgan fingerprint density at radius 2 is 0.786 bits per heavy atom. The Bertz CT molecular complexity index is 59.5. The van der Waals surface area contributed by atoms with Gasteiger partial charge in [-0.3, -0.25) is 0 Å². The summed E-state index contributed by atoms with van der Waals surface area (Å²) in [7, 11) is 0. The monoisotopic (exact) mass is 236 g/mol. The van der Waals surface area contributed by atoms with Gasteiger partial charge in [0, 0.05) is 0 Å². The summed E-state index contributed by atoms with van der Waals surface area (Å²) in [5, 5.41) is 0. The maximum Gasteiger partial charge on any atom is 1.00 e. The van der Waals surface area contributed by atoms with E-state index in [0.29, 0.717) is 0 Å². The van der Waals surface area contributed by atoms with Crippen molar-refractivity contribution in [3.63, 3.8) is 0 Å². The Kier molecular flexibility index (Phi) is 148. The van der Waals surface area contributed by atoms with Crippen LogP contribution in [-0.2, 0) is 0 Å². The minimum absolute atomic E-state index is 0. The first-order chi connectivity index (χ1) is 3.91. The second kappa shape index (κ2) is 46.4. The Labute approximate surface area is 133 Å². The van der Waals surface area contributed by atoms with E-state index in [1.54, 1.807) is 0 Å². The van der Waals surface area contributed by atoms with Gasteiger partial charge < -0.3 is 36.2 Å². The van der Waals surface area contributed by atoms with Crippen molar-refractivity contribution in [1.29, 1.82) is 0 Å². The van der Waals surface area contributed by atoms with Crippen molar-refractivity contribution >= 4 is 0 Å². The molecule has 0 aliphatic heterocycles. The molecule has 0 amide bonds. The Hall–Kier alpha value is 1.76. The molecule has 0 aromatic heterocycles. The van der Waals surface area contributed by atoms with Gasteiger partial charge in [-0.2, -0.15) is 0 Å². The molecule has 6 nitrogen and oxygen atoms in total. The third-order valence-corrected chi connectivity index (χ3v) is 1.16. The van der Waals surface area contributed by atoms with Crippen LogP contribution in [0.1, 0.15) is 28.5 Å². The summed E-state index contributed by atoms with van der Waals surface area (Å²) in [6.07, 6.45) is 4.79. The van der Waals surface area contributed by atoms with Gasteiger partial charge in [-0.15, -0.1) is 0 Å². The molecule has 0 heterocycles. The van der Waals surface area contributed by atoms with E-state index in [0.717, 1.165) is 25.9 Å². The van der Waals surface area contributed by atoms with E-state index in [1.807, 2.05) is 0 Å². The first-order valence-corrected chi connectivity index (χ1v) is 3.32. The largest absolute Gasteiger partial charge is 1.00 e. The molecule has 0 saturated carbocycles. The molecule has 0 aliphatic carbocycles. The van der Waals surface area contributed by atoms with Crippen LogP contribution in [0.15, 0.2) is 0 Å². The van der Waals surface area contributed by atoms with Crippen LogP contribution in [0.3, 0.4) is 0 Å². The van der Waals surface area contributed by atoms with Crippen LogP contribution in [0.4, 0.5) is 0 Å². The van der Waals surface area contributed by atoms with E-state index in [4.69, 9.17) is 11.5 Å². The second-order valence-electron chi connectivity index (χ2n) is 1.99. The minimum Gasteiger partial charge on any atom is -1.00 e. The molecule has 0 atom stereocenters. The molecule has 0 bridgehead atoms. The molecule has 86 valence electrons. The standard InChI is InChI=1S/C6H16N2.2Na.4H2O.2H/c7-5-3-1-2-4-6-8;;;;;;;;/h1-8H2;;;4*1H2;;/q;2*+1;;;;;2*-1. The van der Waals surface area contributed by atoms with Gasteiger partial charge in [0.2, 0.25) is 0 Å². The summed E-state index contributed by atoms with van der Waals surface area (Å²) < 4.78 is 0. The summed E-state index contributed by atoms with van der Waals surface area (Å²) >= 11 is 0. The summed E-state index contributed by atoms with van der Waals surface area (Å²) in [5.74, 6) is 0. The van der Waals surface area contributed by atoms with Crippen LogP contribution >= 0.6 is 0 Å². The van der Waals surface area contributed by atoms with Crippen molar-refractivity contribution in [1.82, 2.24) is 0 Å². The Morgan fingerprint density at radius 3 is 0.929 bits per heavy atom. The number of unbranched alkanes of at least 4 members (excludes halogenated alkanes) is 3. The molecule has 0 fully saturated rings. The van der Waals surface area contributed by atoms with E-state index >= 15 is 0 Å². The second-order valence-corrected chi connectivity index (χ2v) is 1.99. The number of hydrogen-bond acceptors (Lipinski definition) is 2. The van der Waals surface area contributed by atoms with Gasteiger partial charge >= 0.3 is 59.1 Å². The maximum atomic E-state index is 5.28. The van der Waals surface area contributed by atoms with Crippen LogP contribution in [-0.4, -0.2) is 35.0 Å². The molecule has 0 spiro atoms. The van der Waals surface area contributed by atoms with Gasteiger partial charge in [-0.25, -0.2) is 0 Å².